The maximum absolute atomic E-state index is 13.1. The summed E-state index contributed by atoms with van der Waals surface area (Å²) in [4.78, 5) is 34.2. The molecule has 2 aliphatic rings. The Morgan fingerprint density at radius 3 is 2.56 bits per heavy atom. The molecule has 2 fully saturated rings. The molecule has 4 aromatic rings. The second kappa shape index (κ2) is 12.2. The van der Waals surface area contributed by atoms with Gasteiger partial charge in [-0.1, -0.05) is 36.4 Å². The molecule has 2 aliphatic heterocycles. The number of benzene rings is 2. The number of anilines is 1. The van der Waals surface area contributed by atoms with Crippen LogP contribution in [0.15, 0.2) is 73.2 Å². The summed E-state index contributed by atoms with van der Waals surface area (Å²) in [6.07, 6.45) is 6.36. The molecule has 0 saturated carbocycles. The summed E-state index contributed by atoms with van der Waals surface area (Å²) in [6.45, 7) is 3.67. The second-order valence-corrected chi connectivity index (χ2v) is 11.3. The van der Waals surface area contributed by atoms with Crippen LogP contribution in [-0.4, -0.2) is 74.8 Å². The van der Waals surface area contributed by atoms with Crippen LogP contribution in [0.2, 0.25) is 0 Å². The topological polar surface area (TPSA) is 145 Å². The fourth-order valence-corrected chi connectivity index (χ4v) is 5.66. The number of likely N-dealkylation sites (tertiary alicyclic amines) is 2. The second-order valence-electron chi connectivity index (χ2n) is 11.3. The first kappa shape index (κ1) is 28.4. The minimum atomic E-state index is -0.451. The van der Waals surface area contributed by atoms with Gasteiger partial charge in [0.1, 0.15) is 11.6 Å². The molecule has 0 unspecified atom stereocenters. The van der Waals surface area contributed by atoms with Crippen molar-refractivity contribution < 1.29 is 14.3 Å². The smallest absolute Gasteiger partial charge is 0.410 e. The molecular formula is C32H36N8O3. The first-order chi connectivity index (χ1) is 20.8. The molecule has 0 radical (unpaired) electrons. The van der Waals surface area contributed by atoms with E-state index in [1.54, 1.807) is 34.1 Å². The summed E-state index contributed by atoms with van der Waals surface area (Å²) in [5, 5.41) is 7.16. The molecule has 2 saturated heterocycles. The third kappa shape index (κ3) is 6.68. The number of ether oxygens (including phenoxy) is 1. The van der Waals surface area contributed by atoms with Gasteiger partial charge in [-0.15, -0.1) is 0 Å². The first-order valence-electron chi connectivity index (χ1n) is 14.5. The molecule has 11 heteroatoms. The Morgan fingerprint density at radius 1 is 0.977 bits per heavy atom. The summed E-state index contributed by atoms with van der Waals surface area (Å²) < 4.78 is 7.40. The zero-order valence-electron chi connectivity index (χ0n) is 24.1. The Hall–Kier alpha value is -4.74. The lowest BCUT2D eigenvalue weighted by atomic mass is 10.0. The fraction of sp³-hybridized carbons (Fsp3) is 0.312. The first-order valence-corrected chi connectivity index (χ1v) is 14.5. The number of nitrogen functional groups attached to an aromatic ring is 1. The molecule has 43 heavy (non-hydrogen) atoms. The van der Waals surface area contributed by atoms with Gasteiger partial charge >= 0.3 is 6.09 Å². The Labute approximate surface area is 250 Å². The molecule has 6 rings (SSSR count). The Morgan fingerprint density at radius 2 is 1.81 bits per heavy atom. The maximum Gasteiger partial charge on any atom is 0.415 e. The highest BCUT2D eigenvalue weighted by molar-refractivity contribution is 5.99. The van der Waals surface area contributed by atoms with Crippen molar-refractivity contribution in [2.75, 3.05) is 31.9 Å². The molecular weight excluding hydrogens is 544 g/mol. The van der Waals surface area contributed by atoms with Gasteiger partial charge in [0.25, 0.3) is 5.91 Å². The van der Waals surface area contributed by atoms with E-state index >= 15 is 0 Å². The van der Waals surface area contributed by atoms with Crippen molar-refractivity contribution in [3.8, 4) is 28.0 Å². The quantitative estimate of drug-likeness (QED) is 0.302. The molecule has 11 nitrogen and oxygen atoms in total. The monoisotopic (exact) mass is 580 g/mol. The number of hydrogen-bond donors (Lipinski definition) is 3. The standard InChI is InChI=1S/C32H36N8O3/c1-38-18-25(16-36-38)24-14-29(30(34)35-15-24)31(41)37-27-10-12-40(20-27)32(42)43-28-4-2-3-23(13-28)22-7-5-21(6-8-22)17-39-11-9-26(33)19-39/h2-8,13-16,18,26-27H,9-12,17,19-20,33H2,1H3,(H2,34,35)(H,37,41)/t26-,27-/m1/s1. The summed E-state index contributed by atoms with van der Waals surface area (Å²) in [5.41, 5.74) is 17.2. The number of nitrogens with two attached hydrogens (primary N) is 2. The van der Waals surface area contributed by atoms with Crippen LogP contribution in [0.5, 0.6) is 5.75 Å². The molecule has 0 bridgehead atoms. The number of nitrogens with zero attached hydrogens (tertiary/aromatic N) is 5. The normalized spacial score (nSPS) is 18.6. The number of carbonyl (C=O) groups is 2. The van der Waals surface area contributed by atoms with E-state index in [1.165, 1.54) is 5.56 Å². The maximum atomic E-state index is 13.1. The van der Waals surface area contributed by atoms with Gasteiger partial charge in [0, 0.05) is 75.4 Å². The van der Waals surface area contributed by atoms with Crippen molar-refractivity contribution >= 4 is 17.8 Å². The predicted octanol–water partition coefficient (Wildman–Crippen LogP) is 3.27. The Balaban J connectivity index is 1.04. The van der Waals surface area contributed by atoms with Gasteiger partial charge in [-0.25, -0.2) is 9.78 Å². The van der Waals surface area contributed by atoms with Crippen LogP contribution in [0.1, 0.15) is 28.8 Å². The van der Waals surface area contributed by atoms with Crippen LogP contribution in [0.3, 0.4) is 0 Å². The van der Waals surface area contributed by atoms with Crippen LogP contribution in [-0.2, 0) is 13.6 Å². The molecule has 0 spiro atoms. The van der Waals surface area contributed by atoms with E-state index in [0.29, 0.717) is 25.3 Å². The molecule has 2 aromatic heterocycles. The number of amides is 2. The minimum Gasteiger partial charge on any atom is -0.410 e. The molecule has 0 aliphatic carbocycles. The third-order valence-corrected chi connectivity index (χ3v) is 8.02. The average Bonchev–Trinajstić information content (AvgIpc) is 3.75. The van der Waals surface area contributed by atoms with Gasteiger partial charge in [0.15, 0.2) is 0 Å². The zero-order valence-corrected chi connectivity index (χ0v) is 24.1. The Kier molecular flexibility index (Phi) is 8.08. The van der Waals surface area contributed by atoms with E-state index < -0.39 is 6.09 Å². The third-order valence-electron chi connectivity index (χ3n) is 8.02. The highest BCUT2D eigenvalue weighted by Gasteiger charge is 2.29. The van der Waals surface area contributed by atoms with Gasteiger partial charge in [-0.3, -0.25) is 14.4 Å². The van der Waals surface area contributed by atoms with Crippen molar-refractivity contribution in [1.29, 1.82) is 0 Å². The number of carbonyl (C=O) groups excluding carboxylic acids is 2. The van der Waals surface area contributed by atoms with Crippen LogP contribution >= 0.6 is 0 Å². The van der Waals surface area contributed by atoms with E-state index in [2.05, 4.69) is 44.6 Å². The van der Waals surface area contributed by atoms with Crippen LogP contribution in [0, 0.1) is 0 Å². The van der Waals surface area contributed by atoms with Crippen LogP contribution in [0.4, 0.5) is 10.6 Å². The van der Waals surface area contributed by atoms with Crippen molar-refractivity contribution in [2.24, 2.45) is 12.8 Å². The molecule has 5 N–H and O–H groups in total. The Bertz CT molecular complexity index is 1620. The van der Waals surface area contributed by atoms with E-state index in [0.717, 1.165) is 48.3 Å². The lowest BCUT2D eigenvalue weighted by Gasteiger charge is -2.17. The summed E-state index contributed by atoms with van der Waals surface area (Å²) >= 11 is 0. The van der Waals surface area contributed by atoms with Crippen LogP contribution in [0.25, 0.3) is 22.3 Å². The van der Waals surface area contributed by atoms with E-state index in [1.807, 2.05) is 31.4 Å². The molecule has 222 valence electrons. The molecule has 4 heterocycles. The van der Waals surface area contributed by atoms with Gasteiger partial charge in [0.2, 0.25) is 0 Å². The van der Waals surface area contributed by atoms with Gasteiger partial charge in [0.05, 0.1) is 11.8 Å². The van der Waals surface area contributed by atoms with Crippen LogP contribution < -0.4 is 21.5 Å². The van der Waals surface area contributed by atoms with Gasteiger partial charge in [-0.2, -0.15) is 5.10 Å². The average molecular weight is 581 g/mol. The fourth-order valence-electron chi connectivity index (χ4n) is 5.66. The number of rotatable bonds is 7. The number of aryl methyl sites for hydroxylation is 1. The highest BCUT2D eigenvalue weighted by atomic mass is 16.6. The largest absolute Gasteiger partial charge is 0.415 e. The number of nitrogens with one attached hydrogen (secondary N) is 1. The molecule has 2 aromatic carbocycles. The highest BCUT2D eigenvalue weighted by Crippen LogP contribution is 2.26. The van der Waals surface area contributed by atoms with Gasteiger partial charge < -0.3 is 26.4 Å². The van der Waals surface area contributed by atoms with E-state index in [4.69, 9.17) is 16.2 Å². The minimum absolute atomic E-state index is 0.144. The molecule has 2 amide bonds. The SMILES string of the molecule is Cn1cc(-c2cnc(N)c(C(=O)N[C@@H]3CCN(C(=O)Oc4cccc(-c5ccc(CN6CC[C@@H](N)C6)cc5)c4)C3)c2)cn1. The van der Waals surface area contributed by atoms with Crippen molar-refractivity contribution in [2.45, 2.75) is 31.5 Å². The van der Waals surface area contributed by atoms with Gasteiger partial charge in [-0.05, 0) is 47.7 Å². The molecule has 2 atom stereocenters. The lowest BCUT2D eigenvalue weighted by molar-refractivity contribution is 0.0937. The van der Waals surface area contributed by atoms with Crippen molar-refractivity contribution in [1.82, 2.24) is 29.9 Å². The zero-order chi connectivity index (χ0) is 29.9. The van der Waals surface area contributed by atoms with E-state index in [-0.39, 0.29) is 29.4 Å². The lowest BCUT2D eigenvalue weighted by Crippen LogP contribution is -2.39. The predicted molar refractivity (Wildman–Crippen MR) is 164 cm³/mol. The number of hydrogen-bond acceptors (Lipinski definition) is 8. The summed E-state index contributed by atoms with van der Waals surface area (Å²) in [7, 11) is 1.82. The van der Waals surface area contributed by atoms with Crippen molar-refractivity contribution in [3.63, 3.8) is 0 Å². The summed E-state index contributed by atoms with van der Waals surface area (Å²) in [6, 6.07) is 17.7. The summed E-state index contributed by atoms with van der Waals surface area (Å²) in [5.74, 6) is 0.278. The van der Waals surface area contributed by atoms with E-state index in [9.17, 15) is 9.59 Å². The number of pyridine rings is 1. The van der Waals surface area contributed by atoms with Crippen molar-refractivity contribution in [3.05, 3.63) is 84.3 Å². The number of aromatic nitrogens is 3.